The summed E-state index contributed by atoms with van der Waals surface area (Å²) in [6, 6.07) is 15.3. The first-order chi connectivity index (χ1) is 9.74. The monoisotopic (exact) mass is 266 g/mol. The topological polar surface area (TPSA) is 34.9 Å². The zero-order valence-electron chi connectivity index (χ0n) is 10.5. The van der Waals surface area contributed by atoms with Gasteiger partial charge in [-0.15, -0.1) is 0 Å². The Morgan fingerprint density at radius 2 is 1.65 bits per heavy atom. The SMILES string of the molecule is O=c1cnc(-c2ccc(F)cc2)cn1-c1ccccc1. The second-order valence-electron chi connectivity index (χ2n) is 4.32. The van der Waals surface area contributed by atoms with Gasteiger partial charge in [0.2, 0.25) is 0 Å². The Balaban J connectivity index is 2.12. The van der Waals surface area contributed by atoms with Gasteiger partial charge in [-0.3, -0.25) is 9.36 Å². The third-order valence-electron chi connectivity index (χ3n) is 2.98. The lowest BCUT2D eigenvalue weighted by Gasteiger charge is -2.07. The number of benzene rings is 2. The van der Waals surface area contributed by atoms with Crippen LogP contribution in [0.15, 0.2) is 71.8 Å². The van der Waals surface area contributed by atoms with Crippen molar-refractivity contribution in [3.63, 3.8) is 0 Å². The van der Waals surface area contributed by atoms with Crippen LogP contribution in [0.1, 0.15) is 0 Å². The van der Waals surface area contributed by atoms with E-state index in [1.165, 1.54) is 22.9 Å². The molecule has 2 aromatic carbocycles. The van der Waals surface area contributed by atoms with Gasteiger partial charge in [-0.1, -0.05) is 18.2 Å². The highest BCUT2D eigenvalue weighted by Crippen LogP contribution is 2.17. The third-order valence-corrected chi connectivity index (χ3v) is 2.98. The van der Waals surface area contributed by atoms with Crippen LogP contribution in [0.5, 0.6) is 0 Å². The first-order valence-corrected chi connectivity index (χ1v) is 6.14. The van der Waals surface area contributed by atoms with Crippen LogP contribution in [0, 0.1) is 5.82 Å². The molecule has 0 saturated heterocycles. The number of rotatable bonds is 2. The van der Waals surface area contributed by atoms with Gasteiger partial charge >= 0.3 is 0 Å². The average molecular weight is 266 g/mol. The van der Waals surface area contributed by atoms with Crippen LogP contribution >= 0.6 is 0 Å². The Labute approximate surface area is 115 Å². The Hall–Kier alpha value is -2.75. The Morgan fingerprint density at radius 1 is 0.950 bits per heavy atom. The minimum atomic E-state index is -0.301. The summed E-state index contributed by atoms with van der Waals surface area (Å²) in [6.45, 7) is 0. The molecule has 0 radical (unpaired) electrons. The van der Waals surface area contributed by atoms with Crippen molar-refractivity contribution in [1.29, 1.82) is 0 Å². The van der Waals surface area contributed by atoms with E-state index in [2.05, 4.69) is 4.98 Å². The molecule has 98 valence electrons. The van der Waals surface area contributed by atoms with Gasteiger partial charge in [0, 0.05) is 17.4 Å². The molecule has 0 aliphatic rings. The largest absolute Gasteiger partial charge is 0.281 e. The van der Waals surface area contributed by atoms with E-state index in [0.717, 1.165) is 11.3 Å². The predicted octanol–water partition coefficient (Wildman–Crippen LogP) is 3.04. The molecule has 1 aromatic heterocycles. The van der Waals surface area contributed by atoms with Gasteiger partial charge in [-0.2, -0.15) is 0 Å². The highest BCUT2D eigenvalue weighted by Gasteiger charge is 2.04. The summed E-state index contributed by atoms with van der Waals surface area (Å²) in [4.78, 5) is 16.0. The number of nitrogens with zero attached hydrogens (tertiary/aromatic N) is 2. The second-order valence-corrected chi connectivity index (χ2v) is 4.32. The highest BCUT2D eigenvalue weighted by molar-refractivity contribution is 5.58. The van der Waals surface area contributed by atoms with E-state index >= 15 is 0 Å². The van der Waals surface area contributed by atoms with E-state index < -0.39 is 0 Å². The highest BCUT2D eigenvalue weighted by atomic mass is 19.1. The molecule has 0 atom stereocenters. The summed E-state index contributed by atoms with van der Waals surface area (Å²) in [5, 5.41) is 0. The first-order valence-electron chi connectivity index (χ1n) is 6.14. The van der Waals surface area contributed by atoms with Crippen LogP contribution < -0.4 is 5.56 Å². The molecule has 0 saturated carbocycles. The van der Waals surface area contributed by atoms with Gasteiger partial charge < -0.3 is 0 Å². The number of hydrogen-bond donors (Lipinski definition) is 0. The molecule has 3 nitrogen and oxygen atoms in total. The van der Waals surface area contributed by atoms with Crippen molar-refractivity contribution in [2.45, 2.75) is 0 Å². The van der Waals surface area contributed by atoms with Gasteiger partial charge in [0.05, 0.1) is 11.9 Å². The molecule has 4 heteroatoms. The van der Waals surface area contributed by atoms with E-state index in [0.29, 0.717) is 5.69 Å². The molecule has 3 rings (SSSR count). The van der Waals surface area contributed by atoms with Gasteiger partial charge in [-0.25, -0.2) is 9.37 Å². The molecule has 0 spiro atoms. The average Bonchev–Trinajstić information content (AvgIpc) is 2.50. The summed E-state index contributed by atoms with van der Waals surface area (Å²) in [5.74, 6) is -0.301. The zero-order valence-corrected chi connectivity index (χ0v) is 10.5. The minimum absolute atomic E-state index is 0.206. The second kappa shape index (κ2) is 5.09. The molecule has 20 heavy (non-hydrogen) atoms. The molecule has 3 aromatic rings. The third kappa shape index (κ3) is 2.36. The van der Waals surface area contributed by atoms with Crippen LogP contribution in [-0.4, -0.2) is 9.55 Å². The quantitative estimate of drug-likeness (QED) is 0.714. The summed E-state index contributed by atoms with van der Waals surface area (Å²) in [5.41, 5.74) is 1.94. The molecular weight excluding hydrogens is 255 g/mol. The van der Waals surface area contributed by atoms with Crippen molar-refractivity contribution in [2.24, 2.45) is 0 Å². The molecular formula is C16H11FN2O. The van der Waals surface area contributed by atoms with Crippen molar-refractivity contribution in [1.82, 2.24) is 9.55 Å². The fourth-order valence-electron chi connectivity index (χ4n) is 1.97. The van der Waals surface area contributed by atoms with Crippen LogP contribution in [0.25, 0.3) is 16.9 Å². The van der Waals surface area contributed by atoms with Crippen molar-refractivity contribution < 1.29 is 4.39 Å². The van der Waals surface area contributed by atoms with E-state index in [9.17, 15) is 9.18 Å². The van der Waals surface area contributed by atoms with E-state index in [1.807, 2.05) is 30.3 Å². The molecule has 0 aliphatic carbocycles. The van der Waals surface area contributed by atoms with Crippen molar-refractivity contribution >= 4 is 0 Å². The van der Waals surface area contributed by atoms with Crippen LogP contribution in [0.4, 0.5) is 4.39 Å². The lowest BCUT2D eigenvalue weighted by Crippen LogP contribution is -2.17. The normalized spacial score (nSPS) is 10.4. The standard InChI is InChI=1S/C16H11FN2O/c17-13-8-6-12(7-9-13)15-11-19(16(20)10-18-15)14-4-2-1-3-5-14/h1-11H. The summed E-state index contributed by atoms with van der Waals surface area (Å²) in [7, 11) is 0. The van der Waals surface area contributed by atoms with Gasteiger partial charge in [0.15, 0.2) is 0 Å². The number of halogens is 1. The number of aromatic nitrogens is 2. The lowest BCUT2D eigenvalue weighted by molar-refractivity contribution is 0.628. The fraction of sp³-hybridized carbons (Fsp3) is 0. The molecule has 0 fully saturated rings. The van der Waals surface area contributed by atoms with Gasteiger partial charge in [0.1, 0.15) is 5.82 Å². The molecule has 0 unspecified atom stereocenters. The Bertz CT molecular complexity index is 780. The van der Waals surface area contributed by atoms with Crippen LogP contribution in [0.3, 0.4) is 0 Å². The summed E-state index contributed by atoms with van der Waals surface area (Å²) in [6.07, 6.45) is 2.93. The zero-order chi connectivity index (χ0) is 13.9. The lowest BCUT2D eigenvalue weighted by atomic mass is 10.1. The van der Waals surface area contributed by atoms with Crippen molar-refractivity contribution in [2.75, 3.05) is 0 Å². The van der Waals surface area contributed by atoms with E-state index in [-0.39, 0.29) is 11.4 Å². The smallest absolute Gasteiger partial charge is 0.273 e. The van der Waals surface area contributed by atoms with Gasteiger partial charge in [-0.05, 0) is 36.4 Å². The fourth-order valence-corrected chi connectivity index (χ4v) is 1.97. The molecule has 0 N–H and O–H groups in total. The molecule has 0 aliphatic heterocycles. The maximum atomic E-state index is 12.9. The van der Waals surface area contributed by atoms with E-state index in [1.54, 1.807) is 18.3 Å². The number of hydrogen-bond acceptors (Lipinski definition) is 2. The van der Waals surface area contributed by atoms with Gasteiger partial charge in [0.25, 0.3) is 5.56 Å². The van der Waals surface area contributed by atoms with Crippen LogP contribution in [-0.2, 0) is 0 Å². The van der Waals surface area contributed by atoms with Crippen LogP contribution in [0.2, 0.25) is 0 Å². The molecule has 0 bridgehead atoms. The van der Waals surface area contributed by atoms with Crippen molar-refractivity contribution in [3.05, 3.63) is 83.2 Å². The molecule has 0 amide bonds. The summed E-state index contributed by atoms with van der Waals surface area (Å²) >= 11 is 0. The van der Waals surface area contributed by atoms with Crippen molar-refractivity contribution in [3.8, 4) is 16.9 Å². The predicted molar refractivity (Wildman–Crippen MR) is 75.2 cm³/mol. The molecule has 1 heterocycles. The number of para-hydroxylation sites is 1. The maximum absolute atomic E-state index is 12.9. The summed E-state index contributed by atoms with van der Waals surface area (Å²) < 4.78 is 14.5. The Morgan fingerprint density at radius 3 is 2.35 bits per heavy atom. The first kappa shape index (κ1) is 12.3. The Kier molecular flexibility index (Phi) is 3.13. The minimum Gasteiger partial charge on any atom is -0.281 e. The maximum Gasteiger partial charge on any atom is 0.273 e. The van der Waals surface area contributed by atoms with E-state index in [4.69, 9.17) is 0 Å².